The number of aromatic amines is 1. The molecule has 3 aromatic carbocycles. The number of nitrogens with zero attached hydrogens (tertiary/aromatic N) is 2. The second kappa shape index (κ2) is 13.6. The molecule has 4 rings (SSSR count). The lowest BCUT2D eigenvalue weighted by molar-refractivity contribution is -0.132. The average molecular weight is 559 g/mol. The molecule has 1 aromatic heterocycles. The van der Waals surface area contributed by atoms with Crippen molar-refractivity contribution in [3.63, 3.8) is 0 Å². The van der Waals surface area contributed by atoms with Gasteiger partial charge in [-0.1, -0.05) is 36.4 Å². The van der Waals surface area contributed by atoms with Crippen molar-refractivity contribution in [2.45, 2.75) is 32.9 Å². The second-order valence-corrected chi connectivity index (χ2v) is 9.97. The summed E-state index contributed by atoms with van der Waals surface area (Å²) in [5.74, 6) is 1.59. The predicted octanol–water partition coefficient (Wildman–Crippen LogP) is 5.71. The quantitative estimate of drug-likeness (QED) is 0.232. The summed E-state index contributed by atoms with van der Waals surface area (Å²) < 4.78 is 16.2. The minimum atomic E-state index is -0.374. The van der Waals surface area contributed by atoms with Crippen molar-refractivity contribution < 1.29 is 23.8 Å². The normalized spacial score (nSPS) is 10.9. The van der Waals surface area contributed by atoms with Gasteiger partial charge in [0.25, 0.3) is 0 Å². The van der Waals surface area contributed by atoms with Gasteiger partial charge < -0.3 is 34.3 Å². The van der Waals surface area contributed by atoms with Crippen LogP contribution in [0.15, 0.2) is 72.9 Å². The van der Waals surface area contributed by atoms with Gasteiger partial charge in [0.2, 0.25) is 5.91 Å². The fourth-order valence-electron chi connectivity index (χ4n) is 4.75. The van der Waals surface area contributed by atoms with Gasteiger partial charge in [-0.3, -0.25) is 4.79 Å². The molecule has 0 spiro atoms. The van der Waals surface area contributed by atoms with E-state index < -0.39 is 0 Å². The smallest absolute Gasteiger partial charge is 0.322 e. The number of urea groups is 1. The average Bonchev–Trinajstić information content (AvgIpc) is 3.40. The van der Waals surface area contributed by atoms with Crippen LogP contribution in [0.25, 0.3) is 10.9 Å². The lowest BCUT2D eigenvalue weighted by Gasteiger charge is -2.30. The Hall–Kier alpha value is -4.66. The number of H-pyrrole nitrogens is 1. The molecule has 0 aliphatic carbocycles. The maximum Gasteiger partial charge on any atom is 0.322 e. The fourth-order valence-corrected chi connectivity index (χ4v) is 4.75. The Morgan fingerprint density at radius 3 is 2.32 bits per heavy atom. The first-order chi connectivity index (χ1) is 19.8. The van der Waals surface area contributed by atoms with E-state index in [1.165, 1.54) is 4.90 Å². The molecule has 0 unspecified atom stereocenters. The van der Waals surface area contributed by atoms with Gasteiger partial charge in [-0.25, -0.2) is 4.79 Å². The third-order valence-electron chi connectivity index (χ3n) is 7.04. The van der Waals surface area contributed by atoms with Gasteiger partial charge in [0.15, 0.2) is 11.5 Å². The van der Waals surface area contributed by atoms with E-state index in [0.29, 0.717) is 42.4 Å². The molecule has 216 valence electrons. The van der Waals surface area contributed by atoms with Gasteiger partial charge in [0.05, 0.1) is 27.0 Å². The third-order valence-corrected chi connectivity index (χ3v) is 7.04. The Kier molecular flexibility index (Phi) is 9.73. The summed E-state index contributed by atoms with van der Waals surface area (Å²) in [7, 11) is 4.72. The lowest BCUT2D eigenvalue weighted by atomic mass is 10.1. The first-order valence-corrected chi connectivity index (χ1v) is 13.6. The zero-order valence-electron chi connectivity index (χ0n) is 24.3. The number of hydrogen-bond acceptors (Lipinski definition) is 5. The van der Waals surface area contributed by atoms with E-state index in [0.717, 1.165) is 22.0 Å². The molecule has 2 N–H and O–H groups in total. The number of rotatable bonds is 12. The molecule has 41 heavy (non-hydrogen) atoms. The summed E-state index contributed by atoms with van der Waals surface area (Å²) in [6, 6.07) is 20.3. The van der Waals surface area contributed by atoms with E-state index >= 15 is 0 Å². The number of fused-ring (bicyclic) bond motifs is 1. The number of anilines is 1. The first kappa shape index (κ1) is 29.3. The van der Waals surface area contributed by atoms with Crippen molar-refractivity contribution >= 4 is 28.5 Å². The highest BCUT2D eigenvalue weighted by Crippen LogP contribution is 2.28. The Balaban J connectivity index is 1.56. The van der Waals surface area contributed by atoms with Crippen molar-refractivity contribution in [3.8, 4) is 17.2 Å². The van der Waals surface area contributed by atoms with Crippen LogP contribution in [0.2, 0.25) is 0 Å². The van der Waals surface area contributed by atoms with Crippen molar-refractivity contribution in [3.05, 3.63) is 84.1 Å². The van der Waals surface area contributed by atoms with E-state index in [9.17, 15) is 9.59 Å². The van der Waals surface area contributed by atoms with Crippen LogP contribution in [0.3, 0.4) is 0 Å². The van der Waals surface area contributed by atoms with Crippen molar-refractivity contribution in [2.24, 2.45) is 0 Å². The fraction of sp³-hybridized carbons (Fsp3) is 0.312. The van der Waals surface area contributed by atoms with Gasteiger partial charge in [0, 0.05) is 36.2 Å². The minimum absolute atomic E-state index is 0.0835. The molecule has 0 aliphatic rings. The maximum absolute atomic E-state index is 13.9. The van der Waals surface area contributed by atoms with Crippen LogP contribution >= 0.6 is 0 Å². The number of benzene rings is 3. The number of carbonyl (C=O) groups excluding carboxylic acids is 2. The van der Waals surface area contributed by atoms with Crippen molar-refractivity contribution in [1.82, 2.24) is 14.8 Å². The summed E-state index contributed by atoms with van der Waals surface area (Å²) in [5.41, 5.74) is 3.61. The largest absolute Gasteiger partial charge is 0.495 e. The molecule has 4 aromatic rings. The number of amides is 3. The monoisotopic (exact) mass is 558 g/mol. The molecular formula is C32H38N4O5. The van der Waals surface area contributed by atoms with E-state index in [1.807, 2.05) is 68.6 Å². The zero-order valence-corrected chi connectivity index (χ0v) is 24.3. The molecular weight excluding hydrogens is 520 g/mol. The van der Waals surface area contributed by atoms with Crippen LogP contribution in [-0.4, -0.2) is 67.2 Å². The maximum atomic E-state index is 13.9. The highest BCUT2D eigenvalue weighted by molar-refractivity contribution is 5.94. The molecule has 0 fully saturated rings. The van der Waals surface area contributed by atoms with Crippen molar-refractivity contribution in [1.29, 1.82) is 0 Å². The first-order valence-electron chi connectivity index (χ1n) is 13.6. The summed E-state index contributed by atoms with van der Waals surface area (Å²) in [6.45, 7) is 4.51. The number of methoxy groups -OCH3 is 3. The Bertz CT molecular complexity index is 1480. The van der Waals surface area contributed by atoms with Crippen LogP contribution in [0, 0.1) is 0 Å². The molecule has 0 radical (unpaired) electrons. The molecule has 0 atom stereocenters. The van der Waals surface area contributed by atoms with Crippen LogP contribution in [0.5, 0.6) is 17.2 Å². The number of carbonyl (C=O) groups is 2. The molecule has 0 saturated carbocycles. The van der Waals surface area contributed by atoms with Crippen LogP contribution in [0.4, 0.5) is 10.5 Å². The summed E-state index contributed by atoms with van der Waals surface area (Å²) in [6.07, 6.45) is 2.64. The molecule has 0 aliphatic heterocycles. The highest BCUT2D eigenvalue weighted by Gasteiger charge is 2.25. The Labute approximate surface area is 241 Å². The van der Waals surface area contributed by atoms with E-state index in [4.69, 9.17) is 14.2 Å². The number of ether oxygens (including phenoxy) is 3. The van der Waals surface area contributed by atoms with Gasteiger partial charge in [0.1, 0.15) is 12.3 Å². The van der Waals surface area contributed by atoms with Gasteiger partial charge in [-0.2, -0.15) is 0 Å². The summed E-state index contributed by atoms with van der Waals surface area (Å²) in [5, 5.41) is 4.03. The SMILES string of the molecule is COc1ccccc1NC(=O)N(CC(=O)N(CCc1c[nH]c2ccccc12)Cc1ccc(OC)c(OC)c1)C(C)C. The van der Waals surface area contributed by atoms with E-state index in [1.54, 1.807) is 38.4 Å². The third kappa shape index (κ3) is 7.11. The number of hydrogen-bond donors (Lipinski definition) is 2. The molecule has 9 nitrogen and oxygen atoms in total. The van der Waals surface area contributed by atoms with Crippen LogP contribution < -0.4 is 19.5 Å². The molecule has 0 bridgehead atoms. The van der Waals surface area contributed by atoms with Gasteiger partial charge >= 0.3 is 6.03 Å². The molecule has 1 heterocycles. The van der Waals surface area contributed by atoms with Crippen LogP contribution in [0.1, 0.15) is 25.0 Å². The molecule has 3 amide bonds. The number of para-hydroxylation sites is 3. The molecule has 0 saturated heterocycles. The van der Waals surface area contributed by atoms with Gasteiger partial charge in [-0.05, 0) is 61.7 Å². The number of nitrogens with one attached hydrogen (secondary N) is 2. The summed E-state index contributed by atoms with van der Waals surface area (Å²) in [4.78, 5) is 33.8. The summed E-state index contributed by atoms with van der Waals surface area (Å²) >= 11 is 0. The van der Waals surface area contributed by atoms with E-state index in [-0.39, 0.29) is 24.5 Å². The Morgan fingerprint density at radius 1 is 0.878 bits per heavy atom. The van der Waals surface area contributed by atoms with E-state index in [2.05, 4.69) is 16.4 Å². The van der Waals surface area contributed by atoms with Gasteiger partial charge in [-0.15, -0.1) is 0 Å². The zero-order chi connectivity index (χ0) is 29.4. The predicted molar refractivity (Wildman–Crippen MR) is 161 cm³/mol. The number of aromatic nitrogens is 1. The lowest BCUT2D eigenvalue weighted by Crippen LogP contribution is -2.47. The van der Waals surface area contributed by atoms with Crippen LogP contribution in [-0.2, 0) is 17.8 Å². The standard InChI is InChI=1S/C32H38N4O5/c1-22(2)36(32(38)34-27-12-8-9-13-28(27)39-3)21-31(37)35(20-23-14-15-29(40-4)30(18-23)41-5)17-16-24-19-33-26-11-7-6-10-25(24)26/h6-15,18-19,22,33H,16-17,20-21H2,1-5H3,(H,34,38). The topological polar surface area (TPSA) is 96.1 Å². The minimum Gasteiger partial charge on any atom is -0.495 e. The Morgan fingerprint density at radius 2 is 1.59 bits per heavy atom. The highest BCUT2D eigenvalue weighted by atomic mass is 16.5. The second-order valence-electron chi connectivity index (χ2n) is 9.97. The van der Waals surface area contributed by atoms with Crippen molar-refractivity contribution in [2.75, 3.05) is 39.7 Å². The molecule has 9 heteroatoms.